The van der Waals surface area contributed by atoms with Crippen molar-refractivity contribution in [2.24, 2.45) is 0 Å². The van der Waals surface area contributed by atoms with Crippen LogP contribution < -0.4 is 15.4 Å². The quantitative estimate of drug-likeness (QED) is 0.207. The minimum absolute atomic E-state index is 0.122. The van der Waals surface area contributed by atoms with Gasteiger partial charge in [-0.1, -0.05) is 60.7 Å². The highest BCUT2D eigenvalue weighted by Gasteiger charge is 2.46. The number of hydrogen-bond donors (Lipinski definition) is 2. The number of nitrogens with zero attached hydrogens (tertiary/aromatic N) is 4. The lowest BCUT2D eigenvalue weighted by molar-refractivity contribution is -0.173. The van der Waals surface area contributed by atoms with Gasteiger partial charge in [0.05, 0.1) is 29.7 Å². The Bertz CT molecular complexity index is 1750. The minimum Gasteiger partial charge on any atom is -0.457 e. The van der Waals surface area contributed by atoms with Crippen molar-refractivity contribution in [3.63, 3.8) is 0 Å². The Hall–Kier alpha value is -5.06. The van der Waals surface area contributed by atoms with Gasteiger partial charge >= 0.3 is 6.18 Å². The maximum Gasteiger partial charge on any atom is 0.410 e. The van der Waals surface area contributed by atoms with Crippen LogP contribution in [0.15, 0.2) is 91.0 Å². The highest BCUT2D eigenvalue weighted by Crippen LogP contribution is 2.43. The lowest BCUT2D eigenvalue weighted by atomic mass is 9.97. The fourth-order valence-corrected chi connectivity index (χ4v) is 5.30. The number of hydrogen-bond acceptors (Lipinski definition) is 5. The summed E-state index contributed by atoms with van der Waals surface area (Å²) in [5.74, 6) is 0.922. The maximum atomic E-state index is 14.1. The van der Waals surface area contributed by atoms with E-state index in [-0.39, 0.29) is 17.9 Å². The largest absolute Gasteiger partial charge is 0.457 e. The second-order valence-corrected chi connectivity index (χ2v) is 10.5. The smallest absolute Gasteiger partial charge is 0.410 e. The van der Waals surface area contributed by atoms with Crippen LogP contribution >= 0.6 is 0 Å². The number of rotatable bonds is 7. The van der Waals surface area contributed by atoms with Crippen LogP contribution in [0.4, 0.5) is 24.7 Å². The Labute approximate surface area is 246 Å². The number of aryl methyl sites for hydroxylation is 1. The number of amides is 1. The summed E-state index contributed by atoms with van der Waals surface area (Å²) in [5, 5.41) is 14.6. The summed E-state index contributed by atoms with van der Waals surface area (Å²) >= 11 is 0. The topological polar surface area (TPSA) is 86.0 Å². The number of nitrogens with one attached hydrogen (secondary N) is 2. The van der Waals surface area contributed by atoms with Crippen molar-refractivity contribution < 1.29 is 22.7 Å². The molecule has 2 N–H and O–H groups in total. The Morgan fingerprint density at radius 2 is 1.65 bits per heavy atom. The molecule has 1 aliphatic rings. The predicted molar refractivity (Wildman–Crippen MR) is 156 cm³/mol. The number of alkyl halides is 3. The molecule has 1 amide bonds. The summed E-state index contributed by atoms with van der Waals surface area (Å²) in [7, 11) is 0. The molecule has 0 bridgehead atoms. The molecule has 0 saturated heterocycles. The third kappa shape index (κ3) is 5.97. The molecule has 8 nitrogen and oxygen atoms in total. The standard InChI is InChI=1S/C32H29F3N6O2/c1-20-30(21(2)40(38-20)19-22-10-9-15-25(16-22)43-24-13-7-4-8-14-24)37-31(42)27-18-29-36-26(23-11-5-3-6-12-23)17-28(32(33,34)35)41(29)39-27/h3-16,18,26,28,36H,17,19H2,1-2H3,(H,37,42)/t26-,28+/m1/s1. The van der Waals surface area contributed by atoms with Crippen LogP contribution in [-0.2, 0) is 6.54 Å². The number of carbonyl (C=O) groups is 1. The van der Waals surface area contributed by atoms with Gasteiger partial charge in [-0.25, -0.2) is 4.68 Å². The van der Waals surface area contributed by atoms with Crippen molar-refractivity contribution in [1.82, 2.24) is 19.6 Å². The van der Waals surface area contributed by atoms with Gasteiger partial charge < -0.3 is 15.4 Å². The second-order valence-electron chi connectivity index (χ2n) is 10.5. The predicted octanol–water partition coefficient (Wildman–Crippen LogP) is 7.45. The van der Waals surface area contributed by atoms with Crippen molar-refractivity contribution in [3.05, 3.63) is 119 Å². The van der Waals surface area contributed by atoms with Crippen molar-refractivity contribution in [3.8, 4) is 11.5 Å². The third-order valence-electron chi connectivity index (χ3n) is 7.45. The molecule has 2 atom stereocenters. The van der Waals surface area contributed by atoms with Crippen LogP contribution in [0.3, 0.4) is 0 Å². The molecule has 1 aliphatic heterocycles. The first kappa shape index (κ1) is 28.1. The van der Waals surface area contributed by atoms with Crippen LogP contribution in [0.5, 0.6) is 11.5 Å². The number of benzene rings is 3. The van der Waals surface area contributed by atoms with Crippen LogP contribution in [-0.4, -0.2) is 31.6 Å². The summed E-state index contributed by atoms with van der Waals surface area (Å²) in [6.07, 6.45) is -4.78. The molecule has 0 saturated carbocycles. The van der Waals surface area contributed by atoms with Crippen LogP contribution in [0.25, 0.3) is 0 Å². The van der Waals surface area contributed by atoms with Gasteiger partial charge in [0.15, 0.2) is 11.7 Å². The number of halogens is 3. The zero-order valence-corrected chi connectivity index (χ0v) is 23.5. The van der Waals surface area contributed by atoms with Crippen molar-refractivity contribution in [2.45, 2.75) is 45.1 Å². The van der Waals surface area contributed by atoms with Gasteiger partial charge in [0.25, 0.3) is 5.91 Å². The number of para-hydroxylation sites is 1. The fraction of sp³-hybridized carbons (Fsp3) is 0.219. The van der Waals surface area contributed by atoms with Crippen LogP contribution in [0.2, 0.25) is 0 Å². The summed E-state index contributed by atoms with van der Waals surface area (Å²) in [5.41, 5.74) is 3.29. The first-order valence-electron chi connectivity index (χ1n) is 13.8. The molecule has 0 unspecified atom stereocenters. The number of aromatic nitrogens is 4. The van der Waals surface area contributed by atoms with E-state index >= 15 is 0 Å². The fourth-order valence-electron chi connectivity index (χ4n) is 5.30. The maximum absolute atomic E-state index is 14.1. The molecule has 0 spiro atoms. The Balaban J connectivity index is 1.20. The Morgan fingerprint density at radius 1 is 0.953 bits per heavy atom. The van der Waals surface area contributed by atoms with Crippen molar-refractivity contribution in [2.75, 3.05) is 10.6 Å². The van der Waals surface area contributed by atoms with E-state index in [2.05, 4.69) is 20.8 Å². The van der Waals surface area contributed by atoms with Gasteiger partial charge in [0, 0.05) is 12.5 Å². The monoisotopic (exact) mass is 586 g/mol. The average Bonchev–Trinajstić information content (AvgIpc) is 3.54. The molecule has 6 rings (SSSR count). The van der Waals surface area contributed by atoms with Gasteiger partial charge in [-0.05, 0) is 49.2 Å². The van der Waals surface area contributed by atoms with E-state index in [1.807, 2.05) is 67.6 Å². The number of anilines is 2. The Morgan fingerprint density at radius 3 is 2.37 bits per heavy atom. The molecule has 43 heavy (non-hydrogen) atoms. The van der Waals surface area contributed by atoms with E-state index in [0.29, 0.717) is 29.4 Å². The second kappa shape index (κ2) is 11.3. The molecule has 11 heteroatoms. The van der Waals surface area contributed by atoms with E-state index in [1.165, 1.54) is 6.07 Å². The minimum atomic E-state index is -4.54. The molecule has 3 aromatic carbocycles. The van der Waals surface area contributed by atoms with Gasteiger partial charge in [-0.3, -0.25) is 9.48 Å². The van der Waals surface area contributed by atoms with Gasteiger partial charge in [-0.2, -0.15) is 23.4 Å². The molecule has 0 radical (unpaired) electrons. The molecule has 2 aromatic heterocycles. The molecular formula is C32H29F3N6O2. The molecule has 5 aromatic rings. The SMILES string of the molecule is Cc1nn(Cc2cccc(Oc3ccccc3)c2)c(C)c1NC(=O)c1cc2n(n1)[C@H](C(F)(F)F)C[C@H](c1ccccc1)N2. The molecule has 0 aliphatic carbocycles. The van der Waals surface area contributed by atoms with E-state index < -0.39 is 24.2 Å². The zero-order valence-electron chi connectivity index (χ0n) is 23.5. The molecule has 220 valence electrons. The third-order valence-corrected chi connectivity index (χ3v) is 7.45. The van der Waals surface area contributed by atoms with E-state index in [9.17, 15) is 18.0 Å². The first-order chi connectivity index (χ1) is 20.7. The number of ether oxygens (including phenoxy) is 1. The zero-order chi connectivity index (χ0) is 30.1. The highest BCUT2D eigenvalue weighted by molar-refractivity contribution is 6.04. The highest BCUT2D eigenvalue weighted by atomic mass is 19.4. The molecule has 0 fully saturated rings. The van der Waals surface area contributed by atoms with Gasteiger partial charge in [0.1, 0.15) is 17.3 Å². The molecular weight excluding hydrogens is 557 g/mol. The van der Waals surface area contributed by atoms with Crippen molar-refractivity contribution in [1.29, 1.82) is 0 Å². The lowest BCUT2D eigenvalue weighted by Gasteiger charge is -2.33. The van der Waals surface area contributed by atoms with Crippen LogP contribution in [0, 0.1) is 13.8 Å². The number of carbonyl (C=O) groups excluding carboxylic acids is 1. The van der Waals surface area contributed by atoms with Crippen LogP contribution in [0.1, 0.15) is 51.5 Å². The normalized spacial score (nSPS) is 16.3. The van der Waals surface area contributed by atoms with Crippen molar-refractivity contribution >= 4 is 17.4 Å². The number of fused-ring (bicyclic) bond motifs is 1. The van der Waals surface area contributed by atoms with E-state index in [0.717, 1.165) is 21.6 Å². The van der Waals surface area contributed by atoms with E-state index in [1.54, 1.807) is 35.9 Å². The first-order valence-corrected chi connectivity index (χ1v) is 13.8. The molecule has 3 heterocycles. The van der Waals surface area contributed by atoms with Gasteiger partial charge in [-0.15, -0.1) is 0 Å². The summed E-state index contributed by atoms with van der Waals surface area (Å²) < 4.78 is 50.8. The van der Waals surface area contributed by atoms with Gasteiger partial charge in [0.2, 0.25) is 0 Å². The summed E-state index contributed by atoms with van der Waals surface area (Å²) in [6, 6.07) is 24.9. The summed E-state index contributed by atoms with van der Waals surface area (Å²) in [4.78, 5) is 13.3. The lowest BCUT2D eigenvalue weighted by Crippen LogP contribution is -2.35. The average molecular weight is 587 g/mol. The Kier molecular flexibility index (Phi) is 7.39. The summed E-state index contributed by atoms with van der Waals surface area (Å²) in [6.45, 7) is 4.01. The van der Waals surface area contributed by atoms with E-state index in [4.69, 9.17) is 4.74 Å².